The van der Waals surface area contributed by atoms with Crippen LogP contribution in [0.4, 0.5) is 10.1 Å². The summed E-state index contributed by atoms with van der Waals surface area (Å²) in [5, 5.41) is 5.62. The average molecular weight is 469 g/mol. The van der Waals surface area contributed by atoms with E-state index in [1.54, 1.807) is 68.6 Å². The fourth-order valence-electron chi connectivity index (χ4n) is 3.06. The lowest BCUT2D eigenvalue weighted by Gasteiger charge is -2.12. The van der Waals surface area contributed by atoms with E-state index in [0.29, 0.717) is 38.8 Å². The van der Waals surface area contributed by atoms with Gasteiger partial charge in [0.1, 0.15) is 5.82 Å². The SMILES string of the molecule is COc1ccc(NC(=O)CSc2ccccc2C(=O)NCc2ccc(C)c(F)c2)cc1OC. The van der Waals surface area contributed by atoms with Gasteiger partial charge >= 0.3 is 0 Å². The number of carbonyl (C=O) groups is 2. The molecule has 0 aromatic heterocycles. The number of benzene rings is 3. The fraction of sp³-hybridized carbons (Fsp3) is 0.200. The van der Waals surface area contributed by atoms with Gasteiger partial charge in [0, 0.05) is 23.2 Å². The molecule has 3 rings (SSSR count). The van der Waals surface area contributed by atoms with E-state index in [-0.39, 0.29) is 29.9 Å². The van der Waals surface area contributed by atoms with E-state index in [0.717, 1.165) is 0 Å². The molecule has 3 aromatic carbocycles. The molecule has 0 fully saturated rings. The van der Waals surface area contributed by atoms with Crippen molar-refractivity contribution in [2.45, 2.75) is 18.4 Å². The minimum absolute atomic E-state index is 0.113. The number of hydrogen-bond donors (Lipinski definition) is 2. The van der Waals surface area contributed by atoms with Crippen LogP contribution in [0.2, 0.25) is 0 Å². The van der Waals surface area contributed by atoms with Gasteiger partial charge in [-0.1, -0.05) is 24.3 Å². The first-order valence-corrected chi connectivity index (χ1v) is 11.2. The zero-order valence-electron chi connectivity index (χ0n) is 18.6. The van der Waals surface area contributed by atoms with Crippen molar-refractivity contribution in [1.29, 1.82) is 0 Å². The van der Waals surface area contributed by atoms with Crippen LogP contribution in [0.25, 0.3) is 0 Å². The van der Waals surface area contributed by atoms with Gasteiger partial charge in [-0.15, -0.1) is 11.8 Å². The summed E-state index contributed by atoms with van der Waals surface area (Å²) in [4.78, 5) is 25.8. The second kappa shape index (κ2) is 11.4. The normalized spacial score (nSPS) is 10.4. The molecule has 0 atom stereocenters. The van der Waals surface area contributed by atoms with Crippen LogP contribution in [0, 0.1) is 12.7 Å². The molecule has 2 amide bonds. The van der Waals surface area contributed by atoms with Crippen LogP contribution >= 0.6 is 11.8 Å². The minimum Gasteiger partial charge on any atom is -0.493 e. The molecule has 0 saturated heterocycles. The van der Waals surface area contributed by atoms with Gasteiger partial charge in [-0.3, -0.25) is 9.59 Å². The molecule has 0 saturated carbocycles. The zero-order valence-corrected chi connectivity index (χ0v) is 19.4. The van der Waals surface area contributed by atoms with E-state index < -0.39 is 0 Å². The number of carbonyl (C=O) groups excluding carboxylic acids is 2. The lowest BCUT2D eigenvalue weighted by molar-refractivity contribution is -0.113. The monoisotopic (exact) mass is 468 g/mol. The zero-order chi connectivity index (χ0) is 23.8. The van der Waals surface area contributed by atoms with Crippen LogP contribution in [0.3, 0.4) is 0 Å². The molecule has 8 heteroatoms. The Morgan fingerprint density at radius 3 is 2.45 bits per heavy atom. The highest BCUT2D eigenvalue weighted by molar-refractivity contribution is 8.00. The van der Waals surface area contributed by atoms with Gasteiger partial charge in [0.25, 0.3) is 5.91 Å². The third-order valence-electron chi connectivity index (χ3n) is 4.85. The minimum atomic E-state index is -0.307. The lowest BCUT2D eigenvalue weighted by Crippen LogP contribution is -2.23. The van der Waals surface area contributed by atoms with Gasteiger partial charge < -0.3 is 20.1 Å². The van der Waals surface area contributed by atoms with Crippen LogP contribution < -0.4 is 20.1 Å². The van der Waals surface area contributed by atoms with Crippen LogP contribution in [-0.4, -0.2) is 31.8 Å². The van der Waals surface area contributed by atoms with Crippen molar-refractivity contribution in [3.8, 4) is 11.5 Å². The number of aryl methyl sites for hydroxylation is 1. The van der Waals surface area contributed by atoms with Crippen molar-refractivity contribution < 1.29 is 23.5 Å². The second-order valence-electron chi connectivity index (χ2n) is 7.17. The third-order valence-corrected chi connectivity index (χ3v) is 5.92. The summed E-state index contributed by atoms with van der Waals surface area (Å²) in [5.41, 5.74) is 2.26. The Hall–Kier alpha value is -3.52. The van der Waals surface area contributed by atoms with Gasteiger partial charge in [-0.25, -0.2) is 4.39 Å². The molecule has 0 aliphatic carbocycles. The van der Waals surface area contributed by atoms with E-state index in [1.165, 1.54) is 24.9 Å². The molecular weight excluding hydrogens is 443 g/mol. The van der Waals surface area contributed by atoms with Crippen molar-refractivity contribution in [1.82, 2.24) is 5.32 Å². The smallest absolute Gasteiger partial charge is 0.252 e. The molecule has 172 valence electrons. The molecule has 0 unspecified atom stereocenters. The lowest BCUT2D eigenvalue weighted by atomic mass is 10.1. The Balaban J connectivity index is 1.60. The van der Waals surface area contributed by atoms with Crippen molar-refractivity contribution in [3.05, 3.63) is 83.2 Å². The Bertz CT molecular complexity index is 1150. The molecule has 0 bridgehead atoms. The second-order valence-corrected chi connectivity index (χ2v) is 8.19. The number of hydrogen-bond acceptors (Lipinski definition) is 5. The molecular formula is C25H25FN2O4S. The quantitative estimate of drug-likeness (QED) is 0.441. The largest absolute Gasteiger partial charge is 0.493 e. The Morgan fingerprint density at radius 2 is 1.73 bits per heavy atom. The fourth-order valence-corrected chi connectivity index (χ4v) is 3.91. The summed E-state index contributed by atoms with van der Waals surface area (Å²) in [5.74, 6) is 0.369. The molecule has 0 aliphatic rings. The maximum Gasteiger partial charge on any atom is 0.252 e. The van der Waals surface area contributed by atoms with Crippen LogP contribution in [-0.2, 0) is 11.3 Å². The molecule has 0 radical (unpaired) electrons. The first kappa shape index (κ1) is 24.1. The summed E-state index contributed by atoms with van der Waals surface area (Å²) in [6.07, 6.45) is 0. The molecule has 33 heavy (non-hydrogen) atoms. The summed E-state index contributed by atoms with van der Waals surface area (Å²) >= 11 is 1.26. The van der Waals surface area contributed by atoms with Gasteiger partial charge in [-0.2, -0.15) is 0 Å². The van der Waals surface area contributed by atoms with E-state index >= 15 is 0 Å². The molecule has 0 aliphatic heterocycles. The van der Waals surface area contributed by atoms with Crippen LogP contribution in [0.15, 0.2) is 65.6 Å². The first-order valence-electron chi connectivity index (χ1n) is 10.2. The molecule has 0 spiro atoms. The van der Waals surface area contributed by atoms with Crippen molar-refractivity contribution in [3.63, 3.8) is 0 Å². The van der Waals surface area contributed by atoms with Crippen molar-refractivity contribution in [2.75, 3.05) is 25.3 Å². The highest BCUT2D eigenvalue weighted by Gasteiger charge is 2.14. The van der Waals surface area contributed by atoms with Crippen LogP contribution in [0.1, 0.15) is 21.5 Å². The van der Waals surface area contributed by atoms with Crippen molar-refractivity contribution in [2.24, 2.45) is 0 Å². The molecule has 2 N–H and O–H groups in total. The standard InChI is InChI=1S/C25H25FN2O4S/c1-16-8-9-17(12-20(16)26)14-27-25(30)19-6-4-5-7-23(19)33-15-24(29)28-18-10-11-21(31-2)22(13-18)32-3/h4-13H,14-15H2,1-3H3,(H,27,30)(H,28,29). The highest BCUT2D eigenvalue weighted by atomic mass is 32.2. The number of methoxy groups -OCH3 is 2. The Labute approximate surface area is 196 Å². The van der Waals surface area contributed by atoms with Gasteiger partial charge in [0.05, 0.1) is 25.5 Å². The number of nitrogens with one attached hydrogen (secondary N) is 2. The van der Waals surface area contributed by atoms with E-state index in [2.05, 4.69) is 10.6 Å². The average Bonchev–Trinajstić information content (AvgIpc) is 2.83. The number of rotatable bonds is 9. The highest BCUT2D eigenvalue weighted by Crippen LogP contribution is 2.30. The topological polar surface area (TPSA) is 76.7 Å². The molecule has 0 heterocycles. The molecule has 6 nitrogen and oxygen atoms in total. The Kier molecular flexibility index (Phi) is 8.32. The van der Waals surface area contributed by atoms with E-state index in [1.807, 2.05) is 0 Å². The van der Waals surface area contributed by atoms with E-state index in [4.69, 9.17) is 9.47 Å². The Morgan fingerprint density at radius 1 is 0.970 bits per heavy atom. The summed E-state index contributed by atoms with van der Waals surface area (Å²) < 4.78 is 24.2. The third kappa shape index (κ3) is 6.49. The predicted molar refractivity (Wildman–Crippen MR) is 128 cm³/mol. The summed E-state index contributed by atoms with van der Waals surface area (Å²) in [6.45, 7) is 1.89. The van der Waals surface area contributed by atoms with E-state index in [9.17, 15) is 14.0 Å². The number of anilines is 1. The number of halogens is 1. The maximum atomic E-state index is 13.7. The predicted octanol–water partition coefficient (Wildman–Crippen LogP) is 4.81. The maximum absolute atomic E-state index is 13.7. The molecule has 3 aromatic rings. The van der Waals surface area contributed by atoms with Gasteiger partial charge in [0.2, 0.25) is 5.91 Å². The number of ether oxygens (including phenoxy) is 2. The van der Waals surface area contributed by atoms with Gasteiger partial charge in [-0.05, 0) is 48.4 Å². The van der Waals surface area contributed by atoms with Crippen LogP contribution in [0.5, 0.6) is 11.5 Å². The van der Waals surface area contributed by atoms with Gasteiger partial charge in [0.15, 0.2) is 11.5 Å². The first-order chi connectivity index (χ1) is 15.9. The number of thioether (sulfide) groups is 1. The number of amides is 2. The van der Waals surface area contributed by atoms with Crippen molar-refractivity contribution >= 4 is 29.3 Å². The summed E-state index contributed by atoms with van der Waals surface area (Å²) in [6, 6.07) is 17.0. The summed E-state index contributed by atoms with van der Waals surface area (Å²) in [7, 11) is 3.07.